The molecule has 368 valence electrons. The standard InChI is InChI=1S/C46H70N6O13S/c1-27-22-31-39(49-15-17-63-19-21-64-20-18-62-16-14-48-38(54)13-8-7-12-37-40-33(26-66-37)51-46(59)52-40)34(53)25-32(42(31)56)50-44(57)28(2)10-9-11-35(60-5)43(65-45(47)58)30(4)24-29(3)41(55)36(23-27)61-6/h9-11,24-25,27,29,33,35-37,40-41,43,49,55H,7-8,12-23,26H2,1-6H3,(H2,47,58)(H,48,54)(H,50,57)(H2,51,52,59)/b11-9-,28-10+,30-24+/t27-,29+,33+,35-,36+,37+,40+,41-,43+/m1/s1. The number of aliphatic hydroxyl groups is 1. The number of ether oxygens (including phenoxy) is 6. The molecule has 8 N–H and O–H groups in total. The van der Waals surface area contributed by atoms with E-state index in [9.17, 15) is 33.9 Å². The van der Waals surface area contributed by atoms with Gasteiger partial charge in [-0.3, -0.25) is 19.2 Å². The van der Waals surface area contributed by atoms with Crippen molar-refractivity contribution in [2.24, 2.45) is 17.6 Å². The number of nitrogens with one attached hydrogen (secondary N) is 5. The molecular formula is C46H70N6O13S. The van der Waals surface area contributed by atoms with Crippen LogP contribution in [0.15, 0.2) is 58.5 Å². The van der Waals surface area contributed by atoms with Gasteiger partial charge in [0.25, 0.3) is 5.91 Å². The molecule has 20 heteroatoms. The molecule has 4 rings (SSSR count). The molecule has 66 heavy (non-hydrogen) atoms. The van der Waals surface area contributed by atoms with Crippen LogP contribution in [-0.4, -0.2) is 155 Å². The number of carbonyl (C=O) groups is 6. The molecule has 3 aliphatic heterocycles. The molecule has 3 heterocycles. The van der Waals surface area contributed by atoms with Crippen molar-refractivity contribution in [2.75, 3.05) is 72.7 Å². The Kier molecular flexibility index (Phi) is 22.9. The predicted molar refractivity (Wildman–Crippen MR) is 247 cm³/mol. The van der Waals surface area contributed by atoms with E-state index in [1.807, 2.05) is 18.7 Å². The van der Waals surface area contributed by atoms with E-state index in [1.54, 1.807) is 32.1 Å². The topological polar surface area (TPSA) is 264 Å². The number of Topliss-reactive ketones (excluding diaryl/α,β-unsaturated/α-hetero) is 1. The van der Waals surface area contributed by atoms with E-state index in [2.05, 4.69) is 26.6 Å². The number of methoxy groups -OCH3 is 2. The Morgan fingerprint density at radius 2 is 1.64 bits per heavy atom. The Hall–Kier alpha value is -4.57. The summed E-state index contributed by atoms with van der Waals surface area (Å²) in [5.41, 5.74) is 6.29. The fraction of sp³-hybridized carbons (Fsp3) is 0.652. The van der Waals surface area contributed by atoms with Crippen LogP contribution in [0.4, 0.5) is 9.59 Å². The number of unbranched alkanes of at least 4 members (excludes halogenated alkanes) is 1. The van der Waals surface area contributed by atoms with Crippen LogP contribution in [0.2, 0.25) is 0 Å². The third-order valence-electron chi connectivity index (χ3n) is 11.7. The number of hydrogen-bond donors (Lipinski definition) is 7. The molecule has 0 radical (unpaired) electrons. The Bertz CT molecular complexity index is 1850. The van der Waals surface area contributed by atoms with Crippen LogP contribution < -0.4 is 32.3 Å². The number of carbonyl (C=O) groups excluding carboxylic acids is 6. The predicted octanol–water partition coefficient (Wildman–Crippen LogP) is 2.24. The number of amides is 5. The van der Waals surface area contributed by atoms with Crippen LogP contribution in [0, 0.1) is 11.8 Å². The molecule has 2 saturated heterocycles. The summed E-state index contributed by atoms with van der Waals surface area (Å²) in [7, 11) is 2.90. The molecule has 0 aromatic rings. The van der Waals surface area contributed by atoms with Gasteiger partial charge in [0.2, 0.25) is 17.5 Å². The zero-order valence-corrected chi connectivity index (χ0v) is 39.8. The maximum atomic E-state index is 14.0. The number of nitrogens with two attached hydrogens (primary N) is 1. The van der Waals surface area contributed by atoms with Crippen LogP contribution in [0.5, 0.6) is 0 Å². The van der Waals surface area contributed by atoms with Crippen molar-refractivity contribution in [1.29, 1.82) is 0 Å². The van der Waals surface area contributed by atoms with E-state index in [0.29, 0.717) is 56.6 Å². The molecule has 19 nitrogen and oxygen atoms in total. The number of rotatable bonds is 21. The summed E-state index contributed by atoms with van der Waals surface area (Å²) >= 11 is 1.87. The number of ketones is 2. The molecule has 1 aliphatic carbocycles. The van der Waals surface area contributed by atoms with Crippen molar-refractivity contribution in [2.45, 2.75) is 108 Å². The SMILES string of the molecule is CO[C@H]1C[C@H](C)CC2=C(NCCOCCOCCOCCNC(=O)CCCC[C@@H]3SC[C@@H]4NC(=O)N[C@@H]43)C(=O)C=C(NC(=O)/C(C)=C/C=C\[C@@H](OC)[C@@H](OC(N)=O)/C(C)=C/[C@H](C)[C@H]1O)C2=O. The van der Waals surface area contributed by atoms with Crippen molar-refractivity contribution in [3.63, 3.8) is 0 Å². The molecule has 0 aromatic carbocycles. The van der Waals surface area contributed by atoms with E-state index in [0.717, 1.165) is 31.1 Å². The molecule has 5 amide bonds. The molecule has 4 aliphatic rings. The summed E-state index contributed by atoms with van der Waals surface area (Å²) in [6.07, 6.45) is 6.56. The van der Waals surface area contributed by atoms with E-state index in [1.165, 1.54) is 27.2 Å². The maximum absolute atomic E-state index is 14.0. The average Bonchev–Trinajstić information content (AvgIpc) is 3.84. The first-order valence-corrected chi connectivity index (χ1v) is 23.7. The van der Waals surface area contributed by atoms with Gasteiger partial charge in [-0.05, 0) is 51.0 Å². The Balaban J connectivity index is 1.22. The summed E-state index contributed by atoms with van der Waals surface area (Å²) in [5.74, 6) is -1.47. The quantitative estimate of drug-likeness (QED) is 0.0377. The minimum Gasteiger partial charge on any atom is -0.439 e. The van der Waals surface area contributed by atoms with Gasteiger partial charge in [0.05, 0.1) is 75.3 Å². The zero-order chi connectivity index (χ0) is 48.2. The van der Waals surface area contributed by atoms with Crippen molar-refractivity contribution in [1.82, 2.24) is 26.6 Å². The lowest BCUT2D eigenvalue weighted by Crippen LogP contribution is -2.38. The maximum Gasteiger partial charge on any atom is 0.405 e. The molecule has 0 saturated carbocycles. The number of urea groups is 1. The lowest BCUT2D eigenvalue weighted by atomic mass is 9.85. The molecule has 0 spiro atoms. The van der Waals surface area contributed by atoms with Gasteiger partial charge < -0.3 is 65.8 Å². The van der Waals surface area contributed by atoms with Gasteiger partial charge in [-0.1, -0.05) is 44.6 Å². The Morgan fingerprint density at radius 1 is 0.939 bits per heavy atom. The molecule has 2 fully saturated rings. The van der Waals surface area contributed by atoms with E-state index in [4.69, 9.17) is 34.2 Å². The fourth-order valence-corrected chi connectivity index (χ4v) is 9.74. The number of allylic oxidation sites excluding steroid dienone is 4. The van der Waals surface area contributed by atoms with E-state index in [-0.39, 0.29) is 78.7 Å². The fourth-order valence-electron chi connectivity index (χ4n) is 8.19. The van der Waals surface area contributed by atoms with Crippen molar-refractivity contribution >= 4 is 47.3 Å². The molecule has 0 aromatic heterocycles. The van der Waals surface area contributed by atoms with Gasteiger partial charge in [0, 0.05) is 67.9 Å². The van der Waals surface area contributed by atoms with Crippen LogP contribution in [-0.2, 0) is 47.6 Å². The van der Waals surface area contributed by atoms with Gasteiger partial charge in [-0.25, -0.2) is 9.59 Å². The summed E-state index contributed by atoms with van der Waals surface area (Å²) < 4.78 is 33.6. The smallest absolute Gasteiger partial charge is 0.405 e. The monoisotopic (exact) mass is 946 g/mol. The highest BCUT2D eigenvalue weighted by Crippen LogP contribution is 2.33. The first-order valence-electron chi connectivity index (χ1n) is 22.6. The number of fused-ring (bicyclic) bond motifs is 3. The summed E-state index contributed by atoms with van der Waals surface area (Å²) in [4.78, 5) is 76.4. The van der Waals surface area contributed by atoms with Gasteiger partial charge in [-0.15, -0.1) is 0 Å². The van der Waals surface area contributed by atoms with Gasteiger partial charge in [-0.2, -0.15) is 11.8 Å². The third kappa shape index (κ3) is 16.9. The van der Waals surface area contributed by atoms with Crippen molar-refractivity contribution < 1.29 is 62.3 Å². The molecule has 9 atom stereocenters. The lowest BCUT2D eigenvalue weighted by molar-refractivity contribution is -0.121. The summed E-state index contributed by atoms with van der Waals surface area (Å²) in [6, 6.07) is 0.298. The first-order chi connectivity index (χ1) is 31.6. The normalized spacial score (nSPS) is 29.6. The van der Waals surface area contributed by atoms with Crippen LogP contribution in [0.25, 0.3) is 0 Å². The summed E-state index contributed by atoms with van der Waals surface area (Å²) in [5, 5.41) is 26.3. The van der Waals surface area contributed by atoms with E-state index >= 15 is 0 Å². The third-order valence-corrected chi connectivity index (χ3v) is 13.2. The highest BCUT2D eigenvalue weighted by atomic mass is 32.2. The molecule has 2 bridgehead atoms. The first kappa shape index (κ1) is 54.0. The second kappa shape index (κ2) is 27.9. The zero-order valence-electron chi connectivity index (χ0n) is 39.0. The van der Waals surface area contributed by atoms with Crippen LogP contribution in [0.1, 0.15) is 66.2 Å². The van der Waals surface area contributed by atoms with Crippen LogP contribution in [0.3, 0.4) is 0 Å². The highest BCUT2D eigenvalue weighted by Gasteiger charge is 2.42. The van der Waals surface area contributed by atoms with Crippen molar-refractivity contribution in [3.05, 3.63) is 58.5 Å². The minimum atomic E-state index is -1.02. The molecular weight excluding hydrogens is 877 g/mol. The van der Waals surface area contributed by atoms with Gasteiger partial charge >= 0.3 is 12.1 Å². The van der Waals surface area contributed by atoms with Gasteiger partial charge in [0.15, 0.2) is 6.10 Å². The Labute approximate surface area is 391 Å². The lowest BCUT2D eigenvalue weighted by Gasteiger charge is -2.30. The minimum absolute atomic E-state index is 0.0123. The number of aliphatic hydroxyl groups excluding tert-OH is 1. The van der Waals surface area contributed by atoms with E-state index < -0.39 is 53.9 Å². The second-order valence-corrected chi connectivity index (χ2v) is 18.2. The highest BCUT2D eigenvalue weighted by molar-refractivity contribution is 8.00. The Morgan fingerprint density at radius 3 is 2.32 bits per heavy atom. The number of primary amides is 1. The van der Waals surface area contributed by atoms with Crippen LogP contribution >= 0.6 is 11.8 Å². The molecule has 0 unspecified atom stereocenters. The van der Waals surface area contributed by atoms with Gasteiger partial charge in [0.1, 0.15) is 6.10 Å². The average molecular weight is 947 g/mol. The summed E-state index contributed by atoms with van der Waals surface area (Å²) in [6.45, 7) is 9.37. The second-order valence-electron chi connectivity index (χ2n) is 16.9. The largest absolute Gasteiger partial charge is 0.439 e. The van der Waals surface area contributed by atoms with Crippen molar-refractivity contribution in [3.8, 4) is 0 Å². The number of thioether (sulfide) groups is 1. The number of hydrogen-bond acceptors (Lipinski definition) is 15.